The summed E-state index contributed by atoms with van der Waals surface area (Å²) in [4.78, 5) is 13.2. The number of carbonyl (C=O) groups is 1. The number of likely N-dealkylation sites (tertiary alicyclic amines) is 1. The fourth-order valence-corrected chi connectivity index (χ4v) is 2.94. The van der Waals surface area contributed by atoms with E-state index in [4.69, 9.17) is 5.11 Å². The van der Waals surface area contributed by atoms with E-state index in [9.17, 15) is 4.79 Å². The number of rotatable bonds is 6. The Labute approximate surface area is 119 Å². The maximum absolute atomic E-state index is 10.6. The van der Waals surface area contributed by atoms with E-state index < -0.39 is 5.97 Å². The molecule has 1 atom stereocenters. The number of aliphatic carboxylic acids is 1. The highest BCUT2D eigenvalue weighted by Crippen LogP contribution is 2.29. The second-order valence-electron chi connectivity index (χ2n) is 5.98. The molecule has 1 saturated carbocycles. The van der Waals surface area contributed by atoms with E-state index in [0.29, 0.717) is 6.04 Å². The van der Waals surface area contributed by atoms with Gasteiger partial charge in [0.05, 0.1) is 6.42 Å². The fraction of sp³-hybridized carbons (Fsp3) is 0.562. The van der Waals surface area contributed by atoms with E-state index in [0.717, 1.165) is 18.2 Å². The molecule has 1 aromatic rings. The molecule has 108 valence electrons. The number of nitrogens with one attached hydrogen (secondary N) is 1. The number of hydrogen-bond acceptors (Lipinski definition) is 3. The molecule has 3 rings (SSSR count). The lowest BCUT2D eigenvalue weighted by Gasteiger charge is -2.15. The van der Waals surface area contributed by atoms with Gasteiger partial charge in [-0.3, -0.25) is 9.69 Å². The van der Waals surface area contributed by atoms with E-state index in [1.54, 1.807) is 0 Å². The zero-order valence-corrected chi connectivity index (χ0v) is 11.7. The number of carboxylic acid groups (broad SMARTS) is 1. The first-order chi connectivity index (χ1) is 9.70. The molecular weight excluding hydrogens is 252 g/mol. The van der Waals surface area contributed by atoms with Gasteiger partial charge < -0.3 is 10.4 Å². The average Bonchev–Trinajstić information content (AvgIpc) is 3.17. The second-order valence-corrected chi connectivity index (χ2v) is 5.98. The summed E-state index contributed by atoms with van der Waals surface area (Å²) < 4.78 is 0. The second kappa shape index (κ2) is 5.94. The summed E-state index contributed by atoms with van der Waals surface area (Å²) >= 11 is 0. The lowest BCUT2D eigenvalue weighted by atomic mass is 10.1. The first-order valence-corrected chi connectivity index (χ1v) is 7.48. The molecule has 4 nitrogen and oxygen atoms in total. The Morgan fingerprint density at radius 1 is 1.20 bits per heavy atom. The van der Waals surface area contributed by atoms with Crippen molar-refractivity contribution >= 4 is 5.97 Å². The minimum atomic E-state index is -0.776. The summed E-state index contributed by atoms with van der Waals surface area (Å²) in [5, 5.41) is 12.4. The Balaban J connectivity index is 1.45. The molecule has 0 radical (unpaired) electrons. The molecule has 1 saturated heterocycles. The third-order valence-corrected chi connectivity index (χ3v) is 4.26. The molecule has 2 aliphatic rings. The summed E-state index contributed by atoms with van der Waals surface area (Å²) in [6.07, 6.45) is 4.12. The lowest BCUT2D eigenvalue weighted by molar-refractivity contribution is -0.136. The molecule has 2 fully saturated rings. The molecule has 20 heavy (non-hydrogen) atoms. The molecular formula is C16H22N2O2. The van der Waals surface area contributed by atoms with Gasteiger partial charge in [0.2, 0.25) is 0 Å². The summed E-state index contributed by atoms with van der Waals surface area (Å²) in [7, 11) is 0. The van der Waals surface area contributed by atoms with Gasteiger partial charge in [-0.15, -0.1) is 0 Å². The third kappa shape index (κ3) is 3.58. The van der Waals surface area contributed by atoms with E-state index in [1.807, 2.05) is 24.3 Å². The van der Waals surface area contributed by atoms with Crippen molar-refractivity contribution in [2.45, 2.75) is 44.3 Å². The van der Waals surface area contributed by atoms with Gasteiger partial charge in [0, 0.05) is 31.7 Å². The van der Waals surface area contributed by atoms with Crippen LogP contribution in [0.15, 0.2) is 24.3 Å². The van der Waals surface area contributed by atoms with Crippen molar-refractivity contribution in [3.05, 3.63) is 35.4 Å². The monoisotopic (exact) mass is 274 g/mol. The standard InChI is InChI=1S/C16H22N2O2/c19-16(20)9-12-1-3-13(4-2-12)10-17-14-7-8-18(11-14)15-5-6-15/h1-4,14-15,17H,5-11H2,(H,19,20). The Morgan fingerprint density at radius 2 is 1.90 bits per heavy atom. The van der Waals surface area contributed by atoms with Gasteiger partial charge in [-0.1, -0.05) is 24.3 Å². The smallest absolute Gasteiger partial charge is 0.307 e. The molecule has 0 spiro atoms. The first-order valence-electron chi connectivity index (χ1n) is 7.48. The topological polar surface area (TPSA) is 52.6 Å². The molecule has 4 heteroatoms. The third-order valence-electron chi connectivity index (χ3n) is 4.26. The Kier molecular flexibility index (Phi) is 4.03. The van der Waals surface area contributed by atoms with Gasteiger partial charge in [-0.05, 0) is 30.4 Å². The Bertz CT molecular complexity index is 468. The van der Waals surface area contributed by atoms with Crippen molar-refractivity contribution in [2.75, 3.05) is 13.1 Å². The minimum absolute atomic E-state index is 0.104. The van der Waals surface area contributed by atoms with Crippen LogP contribution in [0.4, 0.5) is 0 Å². The predicted molar refractivity (Wildman–Crippen MR) is 77.6 cm³/mol. The Morgan fingerprint density at radius 3 is 2.55 bits per heavy atom. The van der Waals surface area contributed by atoms with Crippen molar-refractivity contribution < 1.29 is 9.90 Å². The van der Waals surface area contributed by atoms with Crippen molar-refractivity contribution in [3.8, 4) is 0 Å². The summed E-state index contributed by atoms with van der Waals surface area (Å²) in [5.41, 5.74) is 2.09. The van der Waals surface area contributed by atoms with E-state index in [2.05, 4.69) is 10.2 Å². The van der Waals surface area contributed by atoms with Crippen LogP contribution >= 0.6 is 0 Å². The van der Waals surface area contributed by atoms with Crippen LogP contribution in [0.5, 0.6) is 0 Å². The van der Waals surface area contributed by atoms with Crippen molar-refractivity contribution in [1.82, 2.24) is 10.2 Å². The van der Waals surface area contributed by atoms with Gasteiger partial charge in [-0.2, -0.15) is 0 Å². The van der Waals surface area contributed by atoms with Gasteiger partial charge in [0.15, 0.2) is 0 Å². The predicted octanol–water partition coefficient (Wildman–Crippen LogP) is 1.64. The zero-order chi connectivity index (χ0) is 13.9. The number of carboxylic acids is 1. The summed E-state index contributed by atoms with van der Waals surface area (Å²) in [6, 6.07) is 9.36. The molecule has 1 unspecified atom stereocenters. The summed E-state index contributed by atoms with van der Waals surface area (Å²) in [5.74, 6) is -0.776. The highest BCUT2D eigenvalue weighted by molar-refractivity contribution is 5.70. The number of hydrogen-bond donors (Lipinski definition) is 2. The van der Waals surface area contributed by atoms with Gasteiger partial charge in [0.25, 0.3) is 0 Å². The van der Waals surface area contributed by atoms with Crippen molar-refractivity contribution in [3.63, 3.8) is 0 Å². The van der Waals surface area contributed by atoms with E-state index in [1.165, 1.54) is 37.9 Å². The van der Waals surface area contributed by atoms with Crippen LogP contribution in [0.1, 0.15) is 30.4 Å². The number of benzene rings is 1. The van der Waals surface area contributed by atoms with Crippen molar-refractivity contribution in [2.24, 2.45) is 0 Å². The van der Waals surface area contributed by atoms with Crippen molar-refractivity contribution in [1.29, 1.82) is 0 Å². The largest absolute Gasteiger partial charge is 0.481 e. The van der Waals surface area contributed by atoms with Gasteiger partial charge in [-0.25, -0.2) is 0 Å². The van der Waals surface area contributed by atoms with Crippen LogP contribution in [0, 0.1) is 0 Å². The lowest BCUT2D eigenvalue weighted by Crippen LogP contribution is -2.32. The van der Waals surface area contributed by atoms with E-state index >= 15 is 0 Å². The molecule has 1 aliphatic heterocycles. The SMILES string of the molecule is O=C(O)Cc1ccc(CNC2CCN(C3CC3)C2)cc1. The molecule has 1 aliphatic carbocycles. The van der Waals surface area contributed by atoms with Crippen LogP contribution in [0.2, 0.25) is 0 Å². The maximum Gasteiger partial charge on any atom is 0.307 e. The maximum atomic E-state index is 10.6. The van der Waals surface area contributed by atoms with E-state index in [-0.39, 0.29) is 6.42 Å². The minimum Gasteiger partial charge on any atom is -0.481 e. The molecule has 0 bridgehead atoms. The normalized spacial score (nSPS) is 23.1. The van der Waals surface area contributed by atoms with Crippen LogP contribution in [0.25, 0.3) is 0 Å². The highest BCUT2D eigenvalue weighted by Gasteiger charge is 2.33. The zero-order valence-electron chi connectivity index (χ0n) is 11.7. The van der Waals surface area contributed by atoms with Crippen LogP contribution in [-0.4, -0.2) is 41.1 Å². The molecule has 0 aromatic heterocycles. The van der Waals surface area contributed by atoms with Gasteiger partial charge >= 0.3 is 5.97 Å². The quantitative estimate of drug-likeness (QED) is 0.828. The van der Waals surface area contributed by atoms with Gasteiger partial charge in [0.1, 0.15) is 0 Å². The molecule has 2 N–H and O–H groups in total. The summed E-state index contributed by atoms with van der Waals surface area (Å²) in [6.45, 7) is 3.29. The fourth-order valence-electron chi connectivity index (χ4n) is 2.94. The van der Waals surface area contributed by atoms with Crippen LogP contribution < -0.4 is 5.32 Å². The molecule has 1 aromatic carbocycles. The first kappa shape index (κ1) is 13.6. The van der Waals surface area contributed by atoms with Crippen LogP contribution in [0.3, 0.4) is 0 Å². The Hall–Kier alpha value is -1.39. The average molecular weight is 274 g/mol. The highest BCUT2D eigenvalue weighted by atomic mass is 16.4. The van der Waals surface area contributed by atoms with Crippen LogP contribution in [-0.2, 0) is 17.8 Å². The molecule has 0 amide bonds. The number of nitrogens with zero attached hydrogens (tertiary/aromatic N) is 1. The molecule has 1 heterocycles.